The fourth-order valence-corrected chi connectivity index (χ4v) is 5.61. The number of aliphatic imine (C=N–C) groups is 2. The second-order valence-corrected chi connectivity index (χ2v) is 25.9. The minimum atomic E-state index is -1.59. The van der Waals surface area contributed by atoms with Crippen LogP contribution in [-0.4, -0.2) is 41.3 Å². The van der Waals surface area contributed by atoms with Crippen LogP contribution in [0.2, 0.25) is 49.3 Å². The molecule has 0 aliphatic carbocycles. The minimum absolute atomic E-state index is 0.640. The molecule has 2 aromatic rings. The Hall–Kier alpha value is 0.167. The van der Waals surface area contributed by atoms with Gasteiger partial charge in [-0.05, 0) is 102 Å². The Labute approximate surface area is 268 Å². The van der Waals surface area contributed by atoms with E-state index < -0.39 is 16.6 Å². The molecule has 0 saturated carbocycles. The van der Waals surface area contributed by atoms with E-state index in [2.05, 4.69) is 67.7 Å². The van der Waals surface area contributed by atoms with Gasteiger partial charge in [-0.1, -0.05) is 47.5 Å². The van der Waals surface area contributed by atoms with Crippen LogP contribution in [0.3, 0.4) is 0 Å². The van der Waals surface area contributed by atoms with Crippen molar-refractivity contribution >= 4 is 91.1 Å². The normalized spacial score (nSPS) is 12.9. The second-order valence-electron chi connectivity index (χ2n) is 11.1. The summed E-state index contributed by atoms with van der Waals surface area (Å²) in [6.45, 7) is 18.7. The Kier molecular flexibility index (Phi) is 17.8. The summed E-state index contributed by atoms with van der Waals surface area (Å²) in [5, 5.41) is 1.28. The van der Waals surface area contributed by atoms with Crippen molar-refractivity contribution in [2.45, 2.75) is 78.8 Å². The molecule has 0 aromatic heterocycles. The molecule has 2 aromatic carbocycles. The van der Waals surface area contributed by atoms with Crippen LogP contribution in [0.1, 0.15) is 36.8 Å². The van der Waals surface area contributed by atoms with Crippen LogP contribution in [0.15, 0.2) is 46.4 Å². The molecule has 2 rings (SSSR count). The molecule has 0 atom stereocenters. The van der Waals surface area contributed by atoms with Gasteiger partial charge in [0.2, 0.25) is 0 Å². The first kappa shape index (κ1) is 37.2. The maximum atomic E-state index is 6.58. The average Bonchev–Trinajstić information content (AvgIpc) is 2.81. The van der Waals surface area contributed by atoms with Gasteiger partial charge in [0.25, 0.3) is 0 Å². The number of benzene rings is 2. The van der Waals surface area contributed by atoms with Crippen LogP contribution in [0.25, 0.3) is 0 Å². The van der Waals surface area contributed by atoms with Gasteiger partial charge in [-0.15, -0.1) is 0 Å². The van der Waals surface area contributed by atoms with Crippen molar-refractivity contribution in [1.29, 1.82) is 0 Å². The van der Waals surface area contributed by atoms with Gasteiger partial charge in [0.05, 0.1) is 32.8 Å². The third-order valence-corrected chi connectivity index (χ3v) is 8.14. The Bertz CT molecular complexity index is 982. The summed E-state index contributed by atoms with van der Waals surface area (Å²) in [6, 6.07) is 11.7. The number of rotatable bonds is 13. The van der Waals surface area contributed by atoms with Crippen molar-refractivity contribution in [2.24, 2.45) is 9.98 Å². The third-order valence-electron chi connectivity index (χ3n) is 5.39. The van der Waals surface area contributed by atoms with Crippen molar-refractivity contribution in [3.63, 3.8) is 0 Å². The zero-order chi connectivity index (χ0) is 29.6. The molecule has 0 aliphatic rings. The Morgan fingerprint density at radius 2 is 1.05 bits per heavy atom. The average molecular weight is 784 g/mol. The van der Waals surface area contributed by atoms with Gasteiger partial charge in [-0.3, -0.25) is 0 Å². The summed E-state index contributed by atoms with van der Waals surface area (Å²) in [5.74, 6) is 0. The Morgan fingerprint density at radius 3 is 1.33 bits per heavy atom. The standard InChI is InChI=1S/C28H42Cl2N2O2Si2.2BrH.Ni/c1-21-13-9-15-23(29)27(21)31-25(17-11-19-33-35(3,4)5)26(18-12-20-34-36(6,7)8)32-28-22(2)14-10-16-24(28)30;;;/h9-10,13-16H,11-12,17-20H2,1-8H3;2*1H;/q;;;+2/p-2. The fraction of sp³-hybridized carbons (Fsp3) is 0.500. The van der Waals surface area contributed by atoms with E-state index in [1.807, 2.05) is 50.2 Å². The number of hydrogen-bond acceptors (Lipinski definition) is 4. The van der Waals surface area contributed by atoms with Crippen molar-refractivity contribution in [2.75, 3.05) is 13.2 Å². The van der Waals surface area contributed by atoms with Crippen LogP contribution in [0.5, 0.6) is 0 Å². The summed E-state index contributed by atoms with van der Waals surface area (Å²) in [7, 11) is -1.93. The second kappa shape index (κ2) is 18.7. The van der Waals surface area contributed by atoms with E-state index in [4.69, 9.17) is 42.0 Å². The van der Waals surface area contributed by atoms with E-state index in [0.717, 1.165) is 59.6 Å². The molecule has 0 heterocycles. The topological polar surface area (TPSA) is 43.2 Å². The summed E-state index contributed by atoms with van der Waals surface area (Å²) in [5.41, 5.74) is 5.52. The van der Waals surface area contributed by atoms with Crippen molar-refractivity contribution in [3.05, 3.63) is 57.6 Å². The van der Waals surface area contributed by atoms with E-state index >= 15 is 0 Å². The van der Waals surface area contributed by atoms with Gasteiger partial charge in [0.15, 0.2) is 16.6 Å². The number of hydrogen-bond donors (Lipinski definition) is 0. The number of aryl methyl sites for hydroxylation is 2. The molecular weight excluding hydrogens is 742 g/mol. The molecule has 4 nitrogen and oxygen atoms in total. The van der Waals surface area contributed by atoms with E-state index in [0.29, 0.717) is 23.3 Å². The zero-order valence-corrected chi connectivity index (χ0v) is 31.9. The summed E-state index contributed by atoms with van der Waals surface area (Å²) in [4.78, 5) is 10.2. The van der Waals surface area contributed by atoms with Gasteiger partial charge in [0, 0.05) is 13.2 Å². The number of halogens is 4. The van der Waals surface area contributed by atoms with Crippen LogP contribution < -0.4 is 0 Å². The SMILES string of the molecule is Cc1cccc(Cl)c1N=C(CCCO[Si](C)(C)C)C(CCCO[Si](C)(C)C)=Nc1c(C)cccc1Cl.[Br][Ni][Br]. The fourth-order valence-electron chi connectivity index (χ4n) is 3.56. The first-order valence-corrected chi connectivity index (χ1v) is 25.4. The first-order chi connectivity index (χ1) is 18.2. The quantitative estimate of drug-likeness (QED) is 0.115. The van der Waals surface area contributed by atoms with E-state index in [-0.39, 0.29) is 0 Å². The van der Waals surface area contributed by atoms with Crippen molar-refractivity contribution in [1.82, 2.24) is 0 Å². The van der Waals surface area contributed by atoms with Crippen LogP contribution in [-0.2, 0) is 19.7 Å². The van der Waals surface area contributed by atoms with Crippen molar-refractivity contribution < 1.29 is 19.7 Å². The monoisotopic (exact) mass is 780 g/mol. The maximum absolute atomic E-state index is 6.58. The van der Waals surface area contributed by atoms with Gasteiger partial charge in [0.1, 0.15) is 0 Å². The molecule has 0 fully saturated rings. The molecule has 39 heavy (non-hydrogen) atoms. The molecule has 0 unspecified atom stereocenters. The number of para-hydroxylation sites is 2. The third kappa shape index (κ3) is 15.8. The molecule has 0 radical (unpaired) electrons. The predicted octanol–water partition coefficient (Wildman–Crippen LogP) is 11.4. The Morgan fingerprint density at radius 1 is 0.718 bits per heavy atom. The van der Waals surface area contributed by atoms with Crippen molar-refractivity contribution in [3.8, 4) is 0 Å². The summed E-state index contributed by atoms with van der Waals surface area (Å²) >= 11 is 19.2. The van der Waals surface area contributed by atoms with Gasteiger partial charge < -0.3 is 8.85 Å². The Balaban J connectivity index is 0.00000242. The van der Waals surface area contributed by atoms with Crippen LogP contribution in [0.4, 0.5) is 11.4 Å². The molecule has 0 saturated heterocycles. The zero-order valence-electron chi connectivity index (χ0n) is 24.2. The molecule has 222 valence electrons. The number of nitrogens with zero attached hydrogens (tertiary/aromatic N) is 2. The molecule has 0 bridgehead atoms. The predicted molar refractivity (Wildman–Crippen MR) is 181 cm³/mol. The summed E-state index contributed by atoms with van der Waals surface area (Å²) in [6.07, 6.45) is 3.20. The van der Waals surface area contributed by atoms with Crippen LogP contribution >= 0.6 is 51.7 Å². The van der Waals surface area contributed by atoms with E-state index in [1.54, 1.807) is 0 Å². The van der Waals surface area contributed by atoms with Gasteiger partial charge in [-0.25, -0.2) is 9.98 Å². The molecule has 0 spiro atoms. The molecule has 0 aliphatic heterocycles. The molecule has 0 N–H and O–H groups in total. The first-order valence-electron chi connectivity index (χ1n) is 12.9. The van der Waals surface area contributed by atoms with E-state index in [9.17, 15) is 0 Å². The summed E-state index contributed by atoms with van der Waals surface area (Å²) < 4.78 is 12.3. The van der Waals surface area contributed by atoms with E-state index in [1.165, 1.54) is 10.9 Å². The molecular formula is C28H42Br2Cl2N2NiO2Si2. The van der Waals surface area contributed by atoms with Crippen LogP contribution in [0, 0.1) is 13.8 Å². The molecule has 0 amide bonds. The van der Waals surface area contributed by atoms with Gasteiger partial charge >= 0.3 is 39.3 Å². The van der Waals surface area contributed by atoms with Gasteiger partial charge in [-0.2, -0.15) is 0 Å². The molecule has 11 heteroatoms.